The number of sulfone groups is 1. The molecule has 1 saturated heterocycles. The highest BCUT2D eigenvalue weighted by Gasteiger charge is 2.30. The first-order valence-electron chi connectivity index (χ1n) is 3.22. The first-order valence-corrected chi connectivity index (χ1v) is 5.04. The maximum Gasteiger partial charge on any atom is 0.150 e. The van der Waals surface area contributed by atoms with E-state index in [0.717, 1.165) is 0 Å². The van der Waals surface area contributed by atoms with Crippen LogP contribution in [0.15, 0.2) is 0 Å². The Labute approximate surface area is 56.2 Å². The van der Waals surface area contributed by atoms with E-state index in [9.17, 15) is 8.42 Å². The molecule has 1 fully saturated rings. The van der Waals surface area contributed by atoms with Gasteiger partial charge in [0.25, 0.3) is 0 Å². The summed E-state index contributed by atoms with van der Waals surface area (Å²) in [5, 5.41) is 0. The van der Waals surface area contributed by atoms with Crippen molar-refractivity contribution in [1.82, 2.24) is 0 Å². The predicted octanol–water partition coefficient (Wildman–Crippen LogP) is 0.687. The third kappa shape index (κ3) is 1.45. The van der Waals surface area contributed by atoms with Gasteiger partial charge in [0, 0.05) is 0 Å². The SMILES string of the molecule is C[C@H]1CS(=O)(=O)C[C@@H]1C. The molecule has 3 heteroatoms. The highest BCUT2D eigenvalue weighted by molar-refractivity contribution is 7.91. The monoisotopic (exact) mass is 148 g/mol. The minimum absolute atomic E-state index is 0.370. The molecular weight excluding hydrogens is 136 g/mol. The molecule has 54 valence electrons. The highest BCUT2D eigenvalue weighted by atomic mass is 32.2. The summed E-state index contributed by atoms with van der Waals surface area (Å²) < 4.78 is 21.7. The van der Waals surface area contributed by atoms with Gasteiger partial charge in [0.1, 0.15) is 0 Å². The van der Waals surface area contributed by atoms with Crippen LogP contribution in [0, 0.1) is 11.8 Å². The van der Waals surface area contributed by atoms with Gasteiger partial charge in [0.2, 0.25) is 0 Å². The molecule has 0 aromatic carbocycles. The van der Waals surface area contributed by atoms with E-state index in [1.54, 1.807) is 0 Å². The van der Waals surface area contributed by atoms with Gasteiger partial charge in [-0.1, -0.05) is 13.8 Å². The molecule has 1 heterocycles. The minimum atomic E-state index is -2.64. The zero-order valence-electron chi connectivity index (χ0n) is 5.79. The molecule has 9 heavy (non-hydrogen) atoms. The third-order valence-corrected chi connectivity index (χ3v) is 4.07. The van der Waals surface area contributed by atoms with Crippen molar-refractivity contribution in [2.24, 2.45) is 11.8 Å². The van der Waals surface area contributed by atoms with Crippen LogP contribution in [0.5, 0.6) is 0 Å². The fourth-order valence-electron chi connectivity index (χ4n) is 1.20. The summed E-state index contributed by atoms with van der Waals surface area (Å²) >= 11 is 0. The Bertz CT molecular complexity index is 177. The average molecular weight is 148 g/mol. The van der Waals surface area contributed by atoms with Gasteiger partial charge in [-0.3, -0.25) is 0 Å². The second kappa shape index (κ2) is 1.97. The number of hydrogen-bond donors (Lipinski definition) is 0. The molecule has 2 atom stereocenters. The molecule has 0 aliphatic carbocycles. The molecule has 2 nitrogen and oxygen atoms in total. The minimum Gasteiger partial charge on any atom is -0.229 e. The standard InChI is InChI=1S/C6H12O2S/c1-5-3-9(7,8)4-6(5)2/h5-6H,3-4H2,1-2H3/t5-,6-/m0/s1. The van der Waals surface area contributed by atoms with Gasteiger partial charge < -0.3 is 0 Å². The lowest BCUT2D eigenvalue weighted by atomic mass is 10.0. The van der Waals surface area contributed by atoms with Gasteiger partial charge in [-0.25, -0.2) is 8.42 Å². The lowest BCUT2D eigenvalue weighted by Gasteiger charge is -2.02. The van der Waals surface area contributed by atoms with Crippen LogP contribution in [-0.4, -0.2) is 19.9 Å². The molecule has 0 unspecified atom stereocenters. The molecule has 0 amide bonds. The average Bonchev–Trinajstić information content (AvgIpc) is 1.79. The van der Waals surface area contributed by atoms with Crippen molar-refractivity contribution in [2.45, 2.75) is 13.8 Å². The third-order valence-electron chi connectivity index (χ3n) is 2.01. The van der Waals surface area contributed by atoms with E-state index in [-0.39, 0.29) is 0 Å². The van der Waals surface area contributed by atoms with Gasteiger partial charge in [0.05, 0.1) is 11.5 Å². The second-order valence-electron chi connectivity index (χ2n) is 3.03. The van der Waals surface area contributed by atoms with Gasteiger partial charge in [-0.15, -0.1) is 0 Å². The quantitative estimate of drug-likeness (QED) is 0.506. The van der Waals surface area contributed by atoms with E-state index in [1.165, 1.54) is 0 Å². The Hall–Kier alpha value is -0.0500. The Kier molecular flexibility index (Phi) is 1.55. The number of hydrogen-bond acceptors (Lipinski definition) is 2. The molecule has 1 rings (SSSR count). The first-order chi connectivity index (χ1) is 4.01. The van der Waals surface area contributed by atoms with E-state index >= 15 is 0 Å². The van der Waals surface area contributed by atoms with Crippen LogP contribution >= 0.6 is 0 Å². The van der Waals surface area contributed by atoms with Crippen LogP contribution in [0.3, 0.4) is 0 Å². The van der Waals surface area contributed by atoms with E-state index < -0.39 is 9.84 Å². The largest absolute Gasteiger partial charge is 0.229 e. The Morgan fingerprint density at radius 1 is 1.11 bits per heavy atom. The second-order valence-corrected chi connectivity index (χ2v) is 5.19. The molecule has 0 bridgehead atoms. The Balaban J connectivity index is 2.77. The Morgan fingerprint density at radius 3 is 1.56 bits per heavy atom. The zero-order valence-corrected chi connectivity index (χ0v) is 6.61. The van der Waals surface area contributed by atoms with Crippen LogP contribution in [0.4, 0.5) is 0 Å². The van der Waals surface area contributed by atoms with Gasteiger partial charge in [0.15, 0.2) is 9.84 Å². The highest BCUT2D eigenvalue weighted by Crippen LogP contribution is 2.23. The molecule has 0 spiro atoms. The van der Waals surface area contributed by atoms with Crippen molar-refractivity contribution in [1.29, 1.82) is 0 Å². The normalized spacial score (nSPS) is 41.1. The summed E-state index contributed by atoms with van der Waals surface area (Å²) in [5.41, 5.74) is 0. The van der Waals surface area contributed by atoms with E-state index in [4.69, 9.17) is 0 Å². The van der Waals surface area contributed by atoms with Crippen molar-refractivity contribution in [3.05, 3.63) is 0 Å². The van der Waals surface area contributed by atoms with Crippen molar-refractivity contribution in [3.8, 4) is 0 Å². The molecular formula is C6H12O2S. The number of rotatable bonds is 0. The lowest BCUT2D eigenvalue weighted by molar-refractivity contribution is 0.494. The van der Waals surface area contributed by atoms with E-state index in [2.05, 4.69) is 0 Å². The molecule has 0 radical (unpaired) electrons. The summed E-state index contributed by atoms with van der Waals surface area (Å²) in [6, 6.07) is 0. The van der Waals surface area contributed by atoms with Crippen LogP contribution in [-0.2, 0) is 9.84 Å². The van der Waals surface area contributed by atoms with Crippen LogP contribution in [0.2, 0.25) is 0 Å². The van der Waals surface area contributed by atoms with Gasteiger partial charge in [-0.2, -0.15) is 0 Å². The van der Waals surface area contributed by atoms with E-state index in [1.807, 2.05) is 13.8 Å². The van der Waals surface area contributed by atoms with Gasteiger partial charge in [-0.05, 0) is 11.8 Å². The van der Waals surface area contributed by atoms with Crippen molar-refractivity contribution < 1.29 is 8.42 Å². The summed E-state index contributed by atoms with van der Waals surface area (Å²) in [5.74, 6) is 1.53. The van der Waals surface area contributed by atoms with Crippen LogP contribution in [0.25, 0.3) is 0 Å². The summed E-state index contributed by atoms with van der Waals surface area (Å²) in [6.07, 6.45) is 0. The van der Waals surface area contributed by atoms with Crippen LogP contribution in [0.1, 0.15) is 13.8 Å². The van der Waals surface area contributed by atoms with Crippen molar-refractivity contribution >= 4 is 9.84 Å². The van der Waals surface area contributed by atoms with Crippen LogP contribution < -0.4 is 0 Å². The topological polar surface area (TPSA) is 34.1 Å². The maximum absolute atomic E-state index is 10.9. The molecule has 0 saturated carbocycles. The maximum atomic E-state index is 10.9. The molecule has 0 N–H and O–H groups in total. The lowest BCUT2D eigenvalue weighted by Crippen LogP contribution is -2.01. The predicted molar refractivity (Wildman–Crippen MR) is 37.0 cm³/mol. The van der Waals surface area contributed by atoms with Crippen molar-refractivity contribution in [2.75, 3.05) is 11.5 Å². The van der Waals surface area contributed by atoms with Gasteiger partial charge >= 0.3 is 0 Å². The molecule has 0 aromatic rings. The Morgan fingerprint density at radius 2 is 1.44 bits per heavy atom. The summed E-state index contributed by atoms with van der Waals surface area (Å²) in [7, 11) is -2.64. The van der Waals surface area contributed by atoms with Crippen molar-refractivity contribution in [3.63, 3.8) is 0 Å². The smallest absolute Gasteiger partial charge is 0.150 e. The van der Waals surface area contributed by atoms with E-state index in [0.29, 0.717) is 23.3 Å². The fraction of sp³-hybridized carbons (Fsp3) is 1.00. The summed E-state index contributed by atoms with van der Waals surface area (Å²) in [4.78, 5) is 0. The fourth-order valence-corrected chi connectivity index (χ4v) is 3.59. The molecule has 1 aliphatic heterocycles. The zero-order chi connectivity index (χ0) is 7.07. The first kappa shape index (κ1) is 7.06. The molecule has 0 aromatic heterocycles. The summed E-state index contributed by atoms with van der Waals surface area (Å²) in [6.45, 7) is 3.99. The molecule has 1 aliphatic rings.